The second kappa shape index (κ2) is 12.1. The van der Waals surface area contributed by atoms with E-state index in [1.165, 1.54) is 0 Å². The molecular weight excluding hydrogens is 420 g/mol. The molecule has 2 amide bonds. The van der Waals surface area contributed by atoms with Crippen LogP contribution in [0.3, 0.4) is 0 Å². The van der Waals surface area contributed by atoms with Gasteiger partial charge in [0.05, 0.1) is 7.11 Å². The van der Waals surface area contributed by atoms with Crippen LogP contribution in [0.2, 0.25) is 0 Å². The van der Waals surface area contributed by atoms with E-state index in [4.69, 9.17) is 14.2 Å². The van der Waals surface area contributed by atoms with E-state index in [0.29, 0.717) is 38.1 Å². The zero-order valence-corrected chi connectivity index (χ0v) is 19.8. The first-order chi connectivity index (χ1) is 16.0. The number of aryl methyl sites for hydroxylation is 1. The molecule has 2 aromatic rings. The fraction of sp³-hybridized carbons (Fsp3) is 0.462. The standard InChI is InChI=1S/C26H34N2O5/c1-4-6-14-27-26(30)22(5-2)28(17-20-8-7-9-21(15-20)31-3)25(29)13-11-19-10-12-23-24(16-19)33-18-32-23/h7-10,12,15-16,22H,4-6,11,13-14,17-18H2,1-3H3,(H,27,30). The molecule has 1 unspecified atom stereocenters. The van der Waals surface area contributed by atoms with E-state index in [-0.39, 0.29) is 18.6 Å². The summed E-state index contributed by atoms with van der Waals surface area (Å²) in [4.78, 5) is 28.1. The minimum absolute atomic E-state index is 0.0621. The Bertz CT molecular complexity index is 946. The molecular formula is C26H34N2O5. The second-order valence-electron chi connectivity index (χ2n) is 8.13. The van der Waals surface area contributed by atoms with Crippen LogP contribution in [-0.4, -0.2) is 43.2 Å². The highest BCUT2D eigenvalue weighted by Crippen LogP contribution is 2.33. The van der Waals surface area contributed by atoms with Crippen molar-refractivity contribution in [2.24, 2.45) is 0 Å². The number of amides is 2. The van der Waals surface area contributed by atoms with Gasteiger partial charge >= 0.3 is 0 Å². The summed E-state index contributed by atoms with van der Waals surface area (Å²) >= 11 is 0. The third kappa shape index (κ3) is 6.63. The number of nitrogens with zero attached hydrogens (tertiary/aromatic N) is 1. The van der Waals surface area contributed by atoms with Crippen LogP contribution in [-0.2, 0) is 22.6 Å². The SMILES string of the molecule is CCCCNC(=O)C(CC)N(Cc1cccc(OC)c1)C(=O)CCc1ccc2c(c1)OCO2. The van der Waals surface area contributed by atoms with Gasteiger partial charge in [-0.3, -0.25) is 9.59 Å². The monoisotopic (exact) mass is 454 g/mol. The molecule has 1 aliphatic rings. The van der Waals surface area contributed by atoms with E-state index in [1.54, 1.807) is 12.0 Å². The minimum Gasteiger partial charge on any atom is -0.497 e. The maximum Gasteiger partial charge on any atom is 0.242 e. The molecule has 0 saturated heterocycles. The molecule has 1 heterocycles. The van der Waals surface area contributed by atoms with Crippen molar-refractivity contribution >= 4 is 11.8 Å². The zero-order valence-electron chi connectivity index (χ0n) is 19.8. The Hall–Kier alpha value is -3.22. The summed E-state index contributed by atoms with van der Waals surface area (Å²) < 4.78 is 16.1. The molecule has 2 aromatic carbocycles. The third-order valence-corrected chi connectivity index (χ3v) is 5.77. The first kappa shape index (κ1) is 24.4. The molecule has 178 valence electrons. The van der Waals surface area contributed by atoms with Crippen molar-refractivity contribution in [2.45, 2.75) is 58.5 Å². The van der Waals surface area contributed by atoms with Crippen LogP contribution in [0.15, 0.2) is 42.5 Å². The van der Waals surface area contributed by atoms with Gasteiger partial charge in [0, 0.05) is 19.5 Å². The molecule has 1 aliphatic heterocycles. The van der Waals surface area contributed by atoms with Gasteiger partial charge < -0.3 is 24.4 Å². The van der Waals surface area contributed by atoms with Gasteiger partial charge in [-0.05, 0) is 54.7 Å². The molecule has 0 bridgehead atoms. The topological polar surface area (TPSA) is 77.1 Å². The van der Waals surface area contributed by atoms with Gasteiger partial charge in [-0.25, -0.2) is 0 Å². The molecule has 0 aromatic heterocycles. The molecule has 0 saturated carbocycles. The number of carbonyl (C=O) groups is 2. The number of hydrogen-bond acceptors (Lipinski definition) is 5. The minimum atomic E-state index is -0.530. The summed E-state index contributed by atoms with van der Waals surface area (Å²) in [7, 11) is 1.61. The van der Waals surface area contributed by atoms with E-state index < -0.39 is 6.04 Å². The van der Waals surface area contributed by atoms with Gasteiger partial charge in [0.25, 0.3) is 0 Å². The normalized spacial score (nSPS) is 12.8. The van der Waals surface area contributed by atoms with Crippen molar-refractivity contribution in [3.63, 3.8) is 0 Å². The summed E-state index contributed by atoms with van der Waals surface area (Å²) in [5.41, 5.74) is 1.92. The molecule has 0 aliphatic carbocycles. The van der Waals surface area contributed by atoms with Crippen LogP contribution < -0.4 is 19.5 Å². The van der Waals surface area contributed by atoms with E-state index in [0.717, 1.165) is 35.5 Å². The summed E-state index contributed by atoms with van der Waals surface area (Å²) in [6, 6.07) is 12.8. The van der Waals surface area contributed by atoms with Crippen molar-refractivity contribution in [2.75, 3.05) is 20.4 Å². The lowest BCUT2D eigenvalue weighted by Crippen LogP contribution is -2.49. The zero-order chi connectivity index (χ0) is 23.6. The number of fused-ring (bicyclic) bond motifs is 1. The summed E-state index contributed by atoms with van der Waals surface area (Å²) in [6.07, 6.45) is 3.30. The van der Waals surface area contributed by atoms with Gasteiger partial charge in [-0.15, -0.1) is 0 Å². The molecule has 7 nitrogen and oxygen atoms in total. The van der Waals surface area contributed by atoms with Crippen LogP contribution in [0.25, 0.3) is 0 Å². The Kier molecular flexibility index (Phi) is 8.98. The number of unbranched alkanes of at least 4 members (excludes halogenated alkanes) is 1. The summed E-state index contributed by atoms with van der Waals surface area (Å²) in [5.74, 6) is 1.98. The molecule has 0 spiro atoms. The third-order valence-electron chi connectivity index (χ3n) is 5.77. The highest BCUT2D eigenvalue weighted by Gasteiger charge is 2.28. The fourth-order valence-electron chi connectivity index (χ4n) is 3.88. The van der Waals surface area contributed by atoms with Crippen molar-refractivity contribution in [1.29, 1.82) is 0 Å². The van der Waals surface area contributed by atoms with Crippen molar-refractivity contribution in [3.05, 3.63) is 53.6 Å². The summed E-state index contributed by atoms with van der Waals surface area (Å²) in [5, 5.41) is 2.99. The highest BCUT2D eigenvalue weighted by atomic mass is 16.7. The van der Waals surface area contributed by atoms with Crippen LogP contribution in [0.4, 0.5) is 0 Å². The lowest BCUT2D eigenvalue weighted by Gasteiger charge is -2.31. The number of nitrogens with one attached hydrogen (secondary N) is 1. The average Bonchev–Trinajstić information content (AvgIpc) is 3.30. The number of benzene rings is 2. The molecule has 1 atom stereocenters. The number of ether oxygens (including phenoxy) is 3. The Morgan fingerprint density at radius 1 is 1.09 bits per heavy atom. The van der Waals surface area contributed by atoms with Crippen LogP contribution in [0.5, 0.6) is 17.2 Å². The van der Waals surface area contributed by atoms with Gasteiger partial charge in [0.15, 0.2) is 11.5 Å². The Morgan fingerprint density at radius 3 is 2.67 bits per heavy atom. The first-order valence-corrected chi connectivity index (χ1v) is 11.6. The van der Waals surface area contributed by atoms with Crippen molar-refractivity contribution in [1.82, 2.24) is 10.2 Å². The van der Waals surface area contributed by atoms with E-state index in [9.17, 15) is 9.59 Å². The molecule has 1 N–H and O–H groups in total. The smallest absolute Gasteiger partial charge is 0.242 e. The quantitative estimate of drug-likeness (QED) is 0.489. The lowest BCUT2D eigenvalue weighted by atomic mass is 10.1. The number of carbonyl (C=O) groups excluding carboxylic acids is 2. The van der Waals surface area contributed by atoms with Crippen molar-refractivity contribution < 1.29 is 23.8 Å². The van der Waals surface area contributed by atoms with E-state index in [2.05, 4.69) is 12.2 Å². The Balaban J connectivity index is 1.75. The van der Waals surface area contributed by atoms with Gasteiger partial charge in [0.1, 0.15) is 11.8 Å². The van der Waals surface area contributed by atoms with E-state index >= 15 is 0 Å². The van der Waals surface area contributed by atoms with Gasteiger partial charge in [0.2, 0.25) is 18.6 Å². The molecule has 7 heteroatoms. The number of hydrogen-bond donors (Lipinski definition) is 1. The van der Waals surface area contributed by atoms with Crippen LogP contribution in [0, 0.1) is 0 Å². The molecule has 0 fully saturated rings. The number of rotatable bonds is 12. The largest absolute Gasteiger partial charge is 0.497 e. The highest BCUT2D eigenvalue weighted by molar-refractivity contribution is 5.87. The maximum atomic E-state index is 13.4. The maximum absolute atomic E-state index is 13.4. The van der Waals surface area contributed by atoms with Crippen LogP contribution >= 0.6 is 0 Å². The van der Waals surface area contributed by atoms with E-state index in [1.807, 2.05) is 49.4 Å². The fourth-order valence-corrected chi connectivity index (χ4v) is 3.88. The average molecular weight is 455 g/mol. The van der Waals surface area contributed by atoms with Gasteiger partial charge in [-0.2, -0.15) is 0 Å². The molecule has 0 radical (unpaired) electrons. The number of methoxy groups -OCH3 is 1. The predicted octanol–water partition coefficient (Wildman–Crippen LogP) is 4.08. The Morgan fingerprint density at radius 2 is 1.91 bits per heavy atom. The first-order valence-electron chi connectivity index (χ1n) is 11.6. The lowest BCUT2D eigenvalue weighted by molar-refractivity contribution is -0.141. The second-order valence-corrected chi connectivity index (χ2v) is 8.13. The Labute approximate surface area is 196 Å². The molecule has 3 rings (SSSR count). The van der Waals surface area contributed by atoms with Crippen molar-refractivity contribution in [3.8, 4) is 17.2 Å². The summed E-state index contributed by atoms with van der Waals surface area (Å²) in [6.45, 7) is 5.20. The molecule has 33 heavy (non-hydrogen) atoms. The predicted molar refractivity (Wildman–Crippen MR) is 126 cm³/mol. The van der Waals surface area contributed by atoms with Gasteiger partial charge in [-0.1, -0.05) is 38.5 Å². The van der Waals surface area contributed by atoms with Crippen LogP contribution in [0.1, 0.15) is 50.7 Å².